The molecule has 2 fully saturated rings. The lowest BCUT2D eigenvalue weighted by Crippen LogP contribution is -2.60. The second-order valence-corrected chi connectivity index (χ2v) is 13.7. The molecule has 5 aliphatic rings. The highest BCUT2D eigenvalue weighted by Crippen LogP contribution is 2.69. The van der Waals surface area contributed by atoms with Crippen LogP contribution in [0.4, 0.5) is 0 Å². The molecule has 0 spiro atoms. The number of allylic oxidation sites excluding steroid dienone is 3. The van der Waals surface area contributed by atoms with Crippen LogP contribution in [0, 0.1) is 51.2 Å². The summed E-state index contributed by atoms with van der Waals surface area (Å²) in [5.41, 5.74) is -1.59. The van der Waals surface area contributed by atoms with Gasteiger partial charge in [0.2, 0.25) is 0 Å². The Balaban J connectivity index is 1.61. The number of fused-ring (bicyclic) bond motifs is 2. The molecule has 0 radical (unpaired) electrons. The first-order valence-electron chi connectivity index (χ1n) is 14.6. The van der Waals surface area contributed by atoms with E-state index in [4.69, 9.17) is 9.47 Å². The van der Waals surface area contributed by atoms with Crippen LogP contribution in [0.15, 0.2) is 22.8 Å². The van der Waals surface area contributed by atoms with Gasteiger partial charge in [0.1, 0.15) is 10.8 Å². The third-order valence-electron chi connectivity index (χ3n) is 12.8. The van der Waals surface area contributed by atoms with Crippen LogP contribution in [0.5, 0.6) is 0 Å². The molecular weight excluding hydrogens is 496 g/mol. The first-order valence-corrected chi connectivity index (χ1v) is 14.6. The first-order chi connectivity index (χ1) is 18.2. The molecule has 0 unspecified atom stereocenters. The molecule has 10 atom stereocenters. The van der Waals surface area contributed by atoms with Gasteiger partial charge >= 0.3 is 11.9 Å². The molecule has 7 heteroatoms. The number of hydrogen-bond donors (Lipinski definition) is 1. The van der Waals surface area contributed by atoms with E-state index >= 15 is 0 Å². The van der Waals surface area contributed by atoms with Crippen LogP contribution in [0.25, 0.3) is 0 Å². The van der Waals surface area contributed by atoms with Gasteiger partial charge in [-0.15, -0.1) is 0 Å². The van der Waals surface area contributed by atoms with Gasteiger partial charge in [0, 0.05) is 0 Å². The number of methoxy groups -OCH3 is 2. The second-order valence-electron chi connectivity index (χ2n) is 13.7. The van der Waals surface area contributed by atoms with E-state index in [-0.39, 0.29) is 41.2 Å². The number of hydrogen-bond acceptors (Lipinski definition) is 7. The van der Waals surface area contributed by atoms with Crippen LogP contribution in [0.2, 0.25) is 0 Å². The number of esters is 2. The molecule has 0 aliphatic heterocycles. The molecule has 7 nitrogen and oxygen atoms in total. The molecule has 5 aliphatic carbocycles. The third kappa shape index (κ3) is 3.03. The van der Waals surface area contributed by atoms with Crippen molar-refractivity contribution >= 4 is 23.5 Å². The van der Waals surface area contributed by atoms with Crippen LogP contribution in [-0.4, -0.2) is 48.9 Å². The molecule has 214 valence electrons. The smallest absolute Gasteiger partial charge is 0.320 e. The summed E-state index contributed by atoms with van der Waals surface area (Å²) in [4.78, 5) is 55.1. The average Bonchev–Trinajstić information content (AvgIpc) is 3.35. The normalized spacial score (nSPS) is 47.3. The highest BCUT2D eigenvalue weighted by atomic mass is 16.5. The summed E-state index contributed by atoms with van der Waals surface area (Å²) in [5, 5.41) is 11.6. The van der Waals surface area contributed by atoms with Gasteiger partial charge in [0.15, 0.2) is 11.6 Å². The van der Waals surface area contributed by atoms with E-state index in [0.29, 0.717) is 31.3 Å². The molecular formula is C32H44O7. The predicted octanol–water partition coefficient (Wildman–Crippen LogP) is 4.61. The number of rotatable bonds is 3. The summed E-state index contributed by atoms with van der Waals surface area (Å²) in [6.07, 6.45) is 4.49. The summed E-state index contributed by atoms with van der Waals surface area (Å²) in [5.74, 6) is -2.24. The molecule has 39 heavy (non-hydrogen) atoms. The predicted molar refractivity (Wildman–Crippen MR) is 144 cm³/mol. The lowest BCUT2D eigenvalue weighted by atomic mass is 9.47. The van der Waals surface area contributed by atoms with Gasteiger partial charge in [-0.1, -0.05) is 47.1 Å². The highest BCUT2D eigenvalue weighted by Gasteiger charge is 2.72. The highest BCUT2D eigenvalue weighted by molar-refractivity contribution is 6.15. The Labute approximate surface area is 231 Å². The Morgan fingerprint density at radius 2 is 1.38 bits per heavy atom. The number of ether oxygens (including phenoxy) is 2. The zero-order valence-electron chi connectivity index (χ0n) is 24.7. The minimum atomic E-state index is -1.28. The van der Waals surface area contributed by atoms with Crippen LogP contribution < -0.4 is 0 Å². The summed E-state index contributed by atoms with van der Waals surface area (Å²) in [7, 11) is 2.69. The van der Waals surface area contributed by atoms with Gasteiger partial charge in [-0.2, -0.15) is 0 Å². The zero-order valence-corrected chi connectivity index (χ0v) is 24.7. The lowest BCUT2D eigenvalue weighted by Gasteiger charge is -2.54. The van der Waals surface area contributed by atoms with E-state index in [1.165, 1.54) is 14.2 Å². The van der Waals surface area contributed by atoms with E-state index in [0.717, 1.165) is 24.0 Å². The van der Waals surface area contributed by atoms with Crippen molar-refractivity contribution in [1.82, 2.24) is 0 Å². The summed E-state index contributed by atoms with van der Waals surface area (Å²) < 4.78 is 10.5. The minimum Gasteiger partial charge on any atom is -0.468 e. The molecule has 5 rings (SSSR count). The Morgan fingerprint density at radius 1 is 0.872 bits per heavy atom. The Bertz CT molecular complexity index is 1210. The number of aliphatic hydroxyl groups excluding tert-OH is 1. The van der Waals surface area contributed by atoms with Crippen molar-refractivity contribution in [1.29, 1.82) is 0 Å². The Morgan fingerprint density at radius 3 is 1.95 bits per heavy atom. The monoisotopic (exact) mass is 540 g/mol. The summed E-state index contributed by atoms with van der Waals surface area (Å²) >= 11 is 0. The average molecular weight is 541 g/mol. The van der Waals surface area contributed by atoms with E-state index in [2.05, 4.69) is 6.92 Å². The largest absolute Gasteiger partial charge is 0.468 e. The Hall–Kier alpha value is -2.28. The van der Waals surface area contributed by atoms with Gasteiger partial charge in [-0.3, -0.25) is 19.2 Å². The van der Waals surface area contributed by atoms with Crippen molar-refractivity contribution in [2.75, 3.05) is 14.2 Å². The number of carbonyl (C=O) groups excluding carboxylic acids is 4. The van der Waals surface area contributed by atoms with Crippen molar-refractivity contribution in [3.63, 3.8) is 0 Å². The molecule has 0 amide bonds. The van der Waals surface area contributed by atoms with Crippen LogP contribution >= 0.6 is 0 Å². The van der Waals surface area contributed by atoms with Crippen LogP contribution in [0.3, 0.4) is 0 Å². The number of ketones is 2. The van der Waals surface area contributed by atoms with Crippen molar-refractivity contribution in [2.24, 2.45) is 51.2 Å². The SMILES string of the molecule is COC(=O)[C@@]12C(=O)C3=C([C@H](O)C[C@@H](C4=CC(=O)[C@@]5(C(=O)OC)[C@H](C)CC[C@@]5(C)[C@@H]4C)C3)[C@@H](C)[C@]1(C)CC[C@H]2C. The van der Waals surface area contributed by atoms with Gasteiger partial charge < -0.3 is 14.6 Å². The fourth-order valence-electron chi connectivity index (χ4n) is 10.4. The fourth-order valence-corrected chi connectivity index (χ4v) is 10.4. The van der Waals surface area contributed by atoms with E-state index in [9.17, 15) is 24.3 Å². The van der Waals surface area contributed by atoms with E-state index in [1.807, 2.05) is 34.6 Å². The van der Waals surface area contributed by atoms with Gasteiger partial charge in [0.25, 0.3) is 0 Å². The molecule has 0 saturated heterocycles. The maximum absolute atomic E-state index is 14.5. The number of Topliss-reactive ketones (excluding diaryl/α,β-unsaturated/α-hetero) is 1. The van der Waals surface area contributed by atoms with Crippen molar-refractivity contribution in [3.8, 4) is 0 Å². The van der Waals surface area contributed by atoms with Gasteiger partial charge in [-0.25, -0.2) is 0 Å². The van der Waals surface area contributed by atoms with E-state index in [1.54, 1.807) is 6.08 Å². The summed E-state index contributed by atoms with van der Waals surface area (Å²) in [6.45, 7) is 12.1. The number of aliphatic hydroxyl groups is 1. The standard InChI is InChI=1S/C32H44O7/c1-16-9-11-29(5)18(3)21(15-24(34)31(16,29)27(36)38-7)20-13-22-25(23(33)14-20)19(4)30(6)12-10-17(2)32(30,26(22)35)28(37)39-8/h15-20,23,33H,9-14H2,1-8H3/t16-,17-,18-,19-,20+,23-,29+,30+,31-,32-/m1/s1. The quantitative estimate of drug-likeness (QED) is 0.412. The maximum atomic E-state index is 14.5. The Kier molecular flexibility index (Phi) is 6.42. The molecule has 0 heterocycles. The molecule has 1 N–H and O–H groups in total. The van der Waals surface area contributed by atoms with E-state index < -0.39 is 39.7 Å². The maximum Gasteiger partial charge on any atom is 0.320 e. The zero-order chi connectivity index (χ0) is 28.9. The van der Waals surface area contributed by atoms with Crippen LogP contribution in [0.1, 0.15) is 80.1 Å². The summed E-state index contributed by atoms with van der Waals surface area (Å²) in [6, 6.07) is 0. The third-order valence-corrected chi connectivity index (χ3v) is 12.8. The molecule has 0 aromatic heterocycles. The van der Waals surface area contributed by atoms with Gasteiger partial charge in [-0.05, 0) is 96.2 Å². The van der Waals surface area contributed by atoms with Crippen molar-refractivity contribution in [3.05, 3.63) is 22.8 Å². The van der Waals surface area contributed by atoms with Crippen LogP contribution in [-0.2, 0) is 28.7 Å². The first kappa shape index (κ1) is 28.3. The van der Waals surface area contributed by atoms with Crippen molar-refractivity contribution < 1.29 is 33.8 Å². The topological polar surface area (TPSA) is 107 Å². The molecule has 2 saturated carbocycles. The fraction of sp³-hybridized carbons (Fsp3) is 0.750. The lowest BCUT2D eigenvalue weighted by molar-refractivity contribution is -0.172. The number of carbonyl (C=O) groups is 4. The molecule has 0 aromatic carbocycles. The molecule has 0 aromatic rings. The van der Waals surface area contributed by atoms with Crippen molar-refractivity contribution in [2.45, 2.75) is 86.2 Å². The minimum absolute atomic E-state index is 0.125. The molecule has 0 bridgehead atoms. The second kappa shape index (κ2) is 8.86. The van der Waals surface area contributed by atoms with Gasteiger partial charge in [0.05, 0.1) is 20.3 Å².